The second-order valence-corrected chi connectivity index (χ2v) is 8.45. The number of nitrogens with zero attached hydrogens (tertiary/aromatic N) is 1. The van der Waals surface area contributed by atoms with Crippen LogP contribution in [0.3, 0.4) is 0 Å². The van der Waals surface area contributed by atoms with Crippen LogP contribution in [0, 0.1) is 0 Å². The van der Waals surface area contributed by atoms with Crippen molar-refractivity contribution in [3.63, 3.8) is 0 Å². The average Bonchev–Trinajstić information content (AvgIpc) is 3.56. The van der Waals surface area contributed by atoms with E-state index in [1.165, 1.54) is 12.4 Å². The Morgan fingerprint density at radius 2 is 1.97 bits per heavy atom. The monoisotopic (exact) mass is 516 g/mol. The van der Waals surface area contributed by atoms with Crippen molar-refractivity contribution in [2.45, 2.75) is 24.9 Å². The van der Waals surface area contributed by atoms with Gasteiger partial charge in [-0.1, -0.05) is 46.2 Å². The normalized spacial score (nSPS) is 14.6. The summed E-state index contributed by atoms with van der Waals surface area (Å²) in [6, 6.07) is 12.7. The summed E-state index contributed by atoms with van der Waals surface area (Å²) in [5.41, 5.74) is 5.59. The van der Waals surface area contributed by atoms with E-state index in [0.29, 0.717) is 35.9 Å². The van der Waals surface area contributed by atoms with Crippen molar-refractivity contribution in [2.75, 3.05) is 0 Å². The van der Waals surface area contributed by atoms with E-state index in [-0.39, 0.29) is 11.5 Å². The molecule has 0 unspecified atom stereocenters. The van der Waals surface area contributed by atoms with Gasteiger partial charge in [-0.25, -0.2) is 0 Å². The van der Waals surface area contributed by atoms with E-state index in [1.54, 1.807) is 24.3 Å². The molecule has 3 rings (SSSR count). The number of aliphatic imine (C=N–C) groups is 1. The minimum absolute atomic E-state index is 0.158. The zero-order chi connectivity index (χ0) is 23.1. The molecule has 1 aliphatic carbocycles. The number of ether oxygens (including phenoxy) is 1. The quantitative estimate of drug-likeness (QED) is 0.342. The van der Waals surface area contributed by atoms with Gasteiger partial charge in [-0.05, 0) is 48.7 Å². The van der Waals surface area contributed by atoms with Gasteiger partial charge in [-0.15, -0.1) is 0 Å². The first-order valence-electron chi connectivity index (χ1n) is 9.75. The van der Waals surface area contributed by atoms with Crippen LogP contribution in [0.15, 0.2) is 76.5 Å². The van der Waals surface area contributed by atoms with Crippen LogP contribution in [0.1, 0.15) is 18.4 Å². The van der Waals surface area contributed by atoms with Crippen molar-refractivity contribution in [1.82, 2.24) is 10.6 Å². The third kappa shape index (κ3) is 5.99. The van der Waals surface area contributed by atoms with Crippen molar-refractivity contribution >= 4 is 45.6 Å². The van der Waals surface area contributed by atoms with Gasteiger partial charge in [0.25, 0.3) is 5.91 Å². The zero-order valence-electron chi connectivity index (χ0n) is 17.1. The Morgan fingerprint density at radius 1 is 1.25 bits per heavy atom. The van der Waals surface area contributed by atoms with Crippen LogP contribution in [0.5, 0.6) is 11.5 Å². The second-order valence-electron chi connectivity index (χ2n) is 7.12. The molecule has 0 bridgehead atoms. The number of hydrogen-bond donors (Lipinski definition) is 3. The fraction of sp³-hybridized carbons (Fsp3) is 0.174. The standard InChI is InChI=1S/C23H22BrClN4O3/c1-2-27-14-16(12-26)21(30)29-23(9-10-23)22(31)28-13-15-3-6-18(7-4-15)32-20-8-5-17(24)11-19(20)25/h2-8,11-12,14H,1,9-10,13,26H2,(H,28,31)(H,29,30)/b16-12+,27-14?. The fourth-order valence-corrected chi connectivity index (χ4v) is 3.56. The number of halogens is 2. The Hall–Kier alpha value is -3.10. The van der Waals surface area contributed by atoms with E-state index in [4.69, 9.17) is 22.1 Å². The van der Waals surface area contributed by atoms with E-state index >= 15 is 0 Å². The van der Waals surface area contributed by atoms with Crippen LogP contribution in [-0.4, -0.2) is 23.6 Å². The maximum atomic E-state index is 12.7. The lowest BCUT2D eigenvalue weighted by Crippen LogP contribution is -2.49. The van der Waals surface area contributed by atoms with Gasteiger partial charge in [-0.3, -0.25) is 14.6 Å². The highest BCUT2D eigenvalue weighted by Crippen LogP contribution is 2.36. The topological polar surface area (TPSA) is 106 Å². The summed E-state index contributed by atoms with van der Waals surface area (Å²) in [6.45, 7) is 3.76. The first kappa shape index (κ1) is 23.6. The van der Waals surface area contributed by atoms with Crippen LogP contribution in [0.4, 0.5) is 0 Å². The van der Waals surface area contributed by atoms with Crippen LogP contribution in [-0.2, 0) is 16.1 Å². The molecule has 9 heteroatoms. The molecule has 1 aliphatic rings. The molecule has 0 radical (unpaired) electrons. The number of nitrogens with one attached hydrogen (secondary N) is 2. The third-order valence-electron chi connectivity index (χ3n) is 4.80. The summed E-state index contributed by atoms with van der Waals surface area (Å²) in [7, 11) is 0. The number of rotatable bonds is 9. The molecule has 1 saturated carbocycles. The molecule has 166 valence electrons. The first-order chi connectivity index (χ1) is 15.4. The largest absolute Gasteiger partial charge is 0.456 e. The van der Waals surface area contributed by atoms with Gasteiger partial charge < -0.3 is 21.1 Å². The lowest BCUT2D eigenvalue weighted by molar-refractivity contribution is -0.128. The van der Waals surface area contributed by atoms with Gasteiger partial charge >= 0.3 is 0 Å². The van der Waals surface area contributed by atoms with E-state index in [9.17, 15) is 9.59 Å². The van der Waals surface area contributed by atoms with Crippen molar-refractivity contribution in [2.24, 2.45) is 10.7 Å². The molecule has 4 N–H and O–H groups in total. The summed E-state index contributed by atoms with van der Waals surface area (Å²) in [4.78, 5) is 28.8. The van der Waals surface area contributed by atoms with Gasteiger partial charge in [0, 0.05) is 29.6 Å². The predicted octanol–water partition coefficient (Wildman–Crippen LogP) is 4.22. The molecule has 0 heterocycles. The molecule has 32 heavy (non-hydrogen) atoms. The molecule has 2 aromatic rings. The molecule has 0 aliphatic heterocycles. The Labute approximate surface area is 199 Å². The molecule has 0 aromatic heterocycles. The lowest BCUT2D eigenvalue weighted by atomic mass is 10.1. The van der Waals surface area contributed by atoms with E-state index in [0.717, 1.165) is 16.2 Å². The van der Waals surface area contributed by atoms with Crippen molar-refractivity contribution in [3.8, 4) is 11.5 Å². The summed E-state index contributed by atoms with van der Waals surface area (Å²) in [5.74, 6) is 0.465. The number of carbonyl (C=O) groups excluding carboxylic acids is 2. The number of carbonyl (C=O) groups is 2. The van der Waals surface area contributed by atoms with Gasteiger partial charge in [0.05, 0.1) is 10.6 Å². The maximum Gasteiger partial charge on any atom is 0.255 e. The Balaban J connectivity index is 1.55. The highest BCUT2D eigenvalue weighted by Gasteiger charge is 2.51. The zero-order valence-corrected chi connectivity index (χ0v) is 19.4. The molecule has 0 spiro atoms. The van der Waals surface area contributed by atoms with Gasteiger partial charge in [0.15, 0.2) is 0 Å². The fourth-order valence-electron chi connectivity index (χ4n) is 2.85. The number of nitrogens with two attached hydrogens (primary N) is 1. The molecule has 2 aromatic carbocycles. The van der Waals surface area contributed by atoms with Crippen LogP contribution >= 0.6 is 27.5 Å². The van der Waals surface area contributed by atoms with E-state index in [2.05, 4.69) is 38.1 Å². The number of amides is 2. The summed E-state index contributed by atoms with van der Waals surface area (Å²) in [6.07, 6.45) is 4.84. The molecular weight excluding hydrogens is 496 g/mol. The molecular formula is C23H22BrClN4O3. The Kier molecular flexibility index (Phi) is 7.71. The highest BCUT2D eigenvalue weighted by atomic mass is 79.9. The smallest absolute Gasteiger partial charge is 0.255 e. The third-order valence-corrected chi connectivity index (χ3v) is 5.59. The highest BCUT2D eigenvalue weighted by molar-refractivity contribution is 9.10. The Morgan fingerprint density at radius 3 is 2.56 bits per heavy atom. The lowest BCUT2D eigenvalue weighted by Gasteiger charge is -2.17. The second kappa shape index (κ2) is 10.5. The Bertz CT molecular complexity index is 1080. The van der Waals surface area contributed by atoms with Crippen molar-refractivity contribution in [3.05, 3.63) is 82.1 Å². The van der Waals surface area contributed by atoms with Crippen LogP contribution in [0.25, 0.3) is 0 Å². The predicted molar refractivity (Wildman–Crippen MR) is 129 cm³/mol. The maximum absolute atomic E-state index is 12.7. The minimum atomic E-state index is -0.922. The summed E-state index contributed by atoms with van der Waals surface area (Å²) in [5, 5.41) is 6.11. The van der Waals surface area contributed by atoms with Crippen LogP contribution in [0.2, 0.25) is 5.02 Å². The first-order valence-corrected chi connectivity index (χ1v) is 10.9. The van der Waals surface area contributed by atoms with Gasteiger partial charge in [0.1, 0.15) is 17.0 Å². The average molecular weight is 518 g/mol. The summed E-state index contributed by atoms with van der Waals surface area (Å²) < 4.78 is 6.66. The molecule has 2 amide bonds. The van der Waals surface area contributed by atoms with Crippen LogP contribution < -0.4 is 21.1 Å². The minimum Gasteiger partial charge on any atom is -0.456 e. The number of benzene rings is 2. The SMILES string of the molecule is C=CN=C/C(=C\N)C(=O)NC1(C(=O)NCc2ccc(Oc3ccc(Br)cc3Cl)cc2)CC1. The van der Waals surface area contributed by atoms with Crippen molar-refractivity contribution < 1.29 is 14.3 Å². The van der Waals surface area contributed by atoms with E-state index < -0.39 is 11.4 Å². The number of hydrogen-bond acceptors (Lipinski definition) is 5. The van der Waals surface area contributed by atoms with Gasteiger partial charge in [0.2, 0.25) is 5.91 Å². The van der Waals surface area contributed by atoms with Gasteiger partial charge in [-0.2, -0.15) is 0 Å². The molecule has 0 atom stereocenters. The molecule has 0 saturated heterocycles. The summed E-state index contributed by atoms with van der Waals surface area (Å²) >= 11 is 9.54. The molecule has 1 fully saturated rings. The van der Waals surface area contributed by atoms with E-state index in [1.807, 2.05) is 18.2 Å². The van der Waals surface area contributed by atoms with Crippen molar-refractivity contribution in [1.29, 1.82) is 0 Å². The molecule has 7 nitrogen and oxygen atoms in total.